The van der Waals surface area contributed by atoms with E-state index in [1.165, 1.54) is 19.4 Å². The fraction of sp³-hybridized carbons (Fsp3) is 0.273. The van der Waals surface area contributed by atoms with Gasteiger partial charge >= 0.3 is 13.5 Å². The predicted molar refractivity (Wildman–Crippen MR) is 126 cm³/mol. The molecule has 3 atom stereocenters. The van der Waals surface area contributed by atoms with Gasteiger partial charge in [0.25, 0.3) is 5.91 Å². The number of hydrogen-bond acceptors (Lipinski definition) is 9. The molecule has 14 heteroatoms. The van der Waals surface area contributed by atoms with Crippen molar-refractivity contribution in [3.63, 3.8) is 0 Å². The zero-order valence-corrected chi connectivity index (χ0v) is 20.0. The van der Waals surface area contributed by atoms with Gasteiger partial charge in [0.1, 0.15) is 23.9 Å². The molecule has 3 heterocycles. The van der Waals surface area contributed by atoms with E-state index in [2.05, 4.69) is 19.8 Å². The van der Waals surface area contributed by atoms with Crippen molar-refractivity contribution in [1.29, 1.82) is 0 Å². The third kappa shape index (κ3) is 8.05. The molecular formula is C22H25N4O9P. The van der Waals surface area contributed by atoms with Crippen LogP contribution in [0.4, 0.5) is 5.82 Å². The zero-order valence-electron chi connectivity index (χ0n) is 19.1. The smallest absolute Gasteiger partial charge is 0.469 e. The third-order valence-electron chi connectivity index (χ3n) is 4.91. The maximum atomic E-state index is 12.3. The molecule has 4 rings (SSSR count). The summed E-state index contributed by atoms with van der Waals surface area (Å²) in [6, 6.07) is 13.5. The summed E-state index contributed by atoms with van der Waals surface area (Å²) in [7, 11) is -3.21. The van der Waals surface area contributed by atoms with Crippen LogP contribution in [0.2, 0.25) is 0 Å². The van der Waals surface area contributed by atoms with Crippen LogP contribution < -0.4 is 15.7 Å². The zero-order chi connectivity index (χ0) is 26.1. The van der Waals surface area contributed by atoms with E-state index in [-0.39, 0.29) is 12.2 Å². The maximum absolute atomic E-state index is 12.3. The number of carbonyl (C=O) groups excluding carboxylic acids is 1. The molecule has 0 aliphatic carbocycles. The van der Waals surface area contributed by atoms with Gasteiger partial charge < -0.3 is 29.7 Å². The number of methoxy groups -OCH3 is 1. The first kappa shape index (κ1) is 27.1. The van der Waals surface area contributed by atoms with E-state index < -0.39 is 44.5 Å². The van der Waals surface area contributed by atoms with E-state index in [4.69, 9.17) is 19.3 Å². The highest BCUT2D eigenvalue weighted by atomic mass is 31.2. The molecule has 4 N–H and O–H groups in total. The average Bonchev–Trinajstić information content (AvgIpc) is 3.24. The molecule has 1 aliphatic rings. The van der Waals surface area contributed by atoms with Crippen LogP contribution in [0.1, 0.15) is 23.0 Å². The van der Waals surface area contributed by atoms with Crippen LogP contribution in [-0.4, -0.2) is 61.3 Å². The molecule has 13 nitrogen and oxygen atoms in total. The van der Waals surface area contributed by atoms with Crippen LogP contribution in [-0.2, 0) is 13.8 Å². The Labute approximate surface area is 205 Å². The monoisotopic (exact) mass is 520 g/mol. The van der Waals surface area contributed by atoms with Gasteiger partial charge in [-0.2, -0.15) is 4.98 Å². The highest BCUT2D eigenvalue weighted by Gasteiger charge is 2.37. The molecule has 2 aromatic heterocycles. The summed E-state index contributed by atoms with van der Waals surface area (Å²) in [5, 5.41) is 12.5. The van der Waals surface area contributed by atoms with Gasteiger partial charge in [0.2, 0.25) is 0 Å². The molecule has 3 aromatic rings. The molecule has 1 aliphatic heterocycles. The number of aromatic nitrogens is 3. The first-order chi connectivity index (χ1) is 17.2. The highest BCUT2D eigenvalue weighted by Crippen LogP contribution is 2.38. The lowest BCUT2D eigenvalue weighted by Gasteiger charge is -2.16. The lowest BCUT2D eigenvalue weighted by molar-refractivity contribution is -0.0450. The Morgan fingerprint density at radius 2 is 1.89 bits per heavy atom. The molecule has 36 heavy (non-hydrogen) atoms. The number of anilines is 1. The summed E-state index contributed by atoms with van der Waals surface area (Å²) in [6.45, 7) is -0.542. The number of phosphoric ester groups is 1. The summed E-state index contributed by atoms with van der Waals surface area (Å²) in [5.41, 5.74) is -0.395. The number of nitrogens with zero attached hydrogens (tertiary/aromatic N) is 3. The first-order valence-electron chi connectivity index (χ1n) is 10.6. The number of amides is 1. The minimum Gasteiger partial charge on any atom is -0.497 e. The second kappa shape index (κ2) is 12.5. The number of aliphatic hydroxyl groups is 1. The van der Waals surface area contributed by atoms with Gasteiger partial charge in [0.05, 0.1) is 19.8 Å². The fourth-order valence-electron chi connectivity index (χ4n) is 3.15. The average molecular weight is 520 g/mol. The molecule has 0 radical (unpaired) electrons. The number of ether oxygens (including phenoxy) is 2. The minimum absolute atomic E-state index is 0.00563. The summed E-state index contributed by atoms with van der Waals surface area (Å²) >= 11 is 0. The molecule has 1 aromatic carbocycles. The summed E-state index contributed by atoms with van der Waals surface area (Å²) in [4.78, 5) is 49.7. The Bertz CT molecular complexity index is 1210. The van der Waals surface area contributed by atoms with Crippen LogP contribution in [0, 0.1) is 0 Å². The highest BCUT2D eigenvalue weighted by molar-refractivity contribution is 7.46. The van der Waals surface area contributed by atoms with Gasteiger partial charge in [-0.15, -0.1) is 0 Å². The summed E-state index contributed by atoms with van der Waals surface area (Å²) in [5.74, 6) is 0.150. The predicted octanol–water partition coefficient (Wildman–Crippen LogP) is 1.34. The van der Waals surface area contributed by atoms with Gasteiger partial charge in [-0.3, -0.25) is 18.9 Å². The molecule has 0 unspecified atom stereocenters. The Balaban J connectivity index is 0.000000526. The molecule has 1 saturated heterocycles. The molecule has 192 valence electrons. The van der Waals surface area contributed by atoms with Gasteiger partial charge in [-0.1, -0.05) is 6.07 Å². The van der Waals surface area contributed by atoms with E-state index >= 15 is 0 Å². The van der Waals surface area contributed by atoms with Crippen molar-refractivity contribution in [3.05, 3.63) is 83.2 Å². The van der Waals surface area contributed by atoms with Crippen molar-refractivity contribution in [2.75, 3.05) is 19.0 Å². The van der Waals surface area contributed by atoms with Crippen molar-refractivity contribution in [1.82, 2.24) is 14.5 Å². The Kier molecular flexibility index (Phi) is 9.42. The van der Waals surface area contributed by atoms with Gasteiger partial charge in [0, 0.05) is 30.6 Å². The normalized spacial score (nSPS) is 19.2. The SMILES string of the molecule is COc1ccc(C(=O)Nc2ccn([C@H]3C[C@H](O)[C@@H](COP(=O)(O)O)O3)c(=O)n2)cc1.c1ccncc1. The van der Waals surface area contributed by atoms with Crippen LogP contribution in [0.5, 0.6) is 5.75 Å². The number of aliphatic hydroxyl groups excluding tert-OH is 1. The number of rotatable bonds is 7. The van der Waals surface area contributed by atoms with Crippen LogP contribution in [0.25, 0.3) is 0 Å². The number of nitrogens with one attached hydrogen (secondary N) is 1. The Morgan fingerprint density at radius 3 is 2.42 bits per heavy atom. The Morgan fingerprint density at radius 1 is 1.19 bits per heavy atom. The number of hydrogen-bond donors (Lipinski definition) is 4. The molecule has 0 bridgehead atoms. The quantitative estimate of drug-likeness (QED) is 0.330. The van der Waals surface area contributed by atoms with Crippen molar-refractivity contribution in [2.24, 2.45) is 0 Å². The largest absolute Gasteiger partial charge is 0.497 e. The van der Waals surface area contributed by atoms with Gasteiger partial charge in [0.15, 0.2) is 0 Å². The fourth-order valence-corrected chi connectivity index (χ4v) is 3.49. The molecule has 0 spiro atoms. The van der Waals surface area contributed by atoms with Crippen molar-refractivity contribution < 1.29 is 38.3 Å². The van der Waals surface area contributed by atoms with E-state index in [0.29, 0.717) is 11.3 Å². The second-order valence-electron chi connectivity index (χ2n) is 7.43. The van der Waals surface area contributed by atoms with Crippen molar-refractivity contribution >= 4 is 19.5 Å². The number of carbonyl (C=O) groups is 1. The number of pyridine rings is 1. The molecule has 1 fully saturated rings. The molecular weight excluding hydrogens is 495 g/mol. The molecule has 0 saturated carbocycles. The number of phosphoric acid groups is 1. The van der Waals surface area contributed by atoms with E-state index in [1.807, 2.05) is 18.2 Å². The topological polar surface area (TPSA) is 182 Å². The number of benzene rings is 1. The van der Waals surface area contributed by atoms with Crippen LogP contribution >= 0.6 is 7.82 Å². The second-order valence-corrected chi connectivity index (χ2v) is 8.67. The van der Waals surface area contributed by atoms with E-state index in [1.54, 1.807) is 36.7 Å². The van der Waals surface area contributed by atoms with Crippen molar-refractivity contribution in [3.8, 4) is 5.75 Å². The summed E-state index contributed by atoms with van der Waals surface area (Å²) < 4.78 is 26.7. The lowest BCUT2D eigenvalue weighted by Crippen LogP contribution is -2.29. The first-order valence-corrected chi connectivity index (χ1v) is 12.1. The van der Waals surface area contributed by atoms with Gasteiger partial charge in [-0.05, 0) is 42.5 Å². The van der Waals surface area contributed by atoms with E-state index in [0.717, 1.165) is 4.57 Å². The standard InChI is InChI=1S/C17H20N3O9P.C5H5N/c1-27-11-4-2-10(3-5-11)16(22)18-14-6-7-20(17(23)19-14)15-8-12(21)13(29-15)9-28-30(24,25)26;1-2-4-6-5-3-1/h2-7,12-13,15,21H,8-9H2,1H3,(H2,24,25,26)(H,18,19,22,23);1-5H/t12-,13+,15+;/m0./s1. The maximum Gasteiger partial charge on any atom is 0.469 e. The van der Waals surface area contributed by atoms with Crippen LogP contribution in [0.15, 0.2) is 71.9 Å². The van der Waals surface area contributed by atoms with Gasteiger partial charge in [-0.25, -0.2) is 9.36 Å². The van der Waals surface area contributed by atoms with E-state index in [9.17, 15) is 19.3 Å². The Hall–Kier alpha value is -3.45. The minimum atomic E-state index is -4.72. The summed E-state index contributed by atoms with van der Waals surface area (Å²) in [6.07, 6.45) is 1.81. The lowest BCUT2D eigenvalue weighted by atomic mass is 10.2. The van der Waals surface area contributed by atoms with Crippen molar-refractivity contribution in [2.45, 2.75) is 24.9 Å². The molecule has 1 amide bonds. The van der Waals surface area contributed by atoms with Crippen LogP contribution in [0.3, 0.4) is 0 Å². The third-order valence-corrected chi connectivity index (χ3v) is 5.40.